The Labute approximate surface area is 137 Å². The molecule has 23 heavy (non-hydrogen) atoms. The zero-order valence-electron chi connectivity index (χ0n) is 14.2. The van der Waals surface area contributed by atoms with E-state index in [0.717, 1.165) is 30.0 Å². The highest BCUT2D eigenvalue weighted by atomic mass is 16.5. The van der Waals surface area contributed by atoms with Gasteiger partial charge in [-0.1, -0.05) is 32.4 Å². The van der Waals surface area contributed by atoms with Gasteiger partial charge < -0.3 is 14.6 Å². The first-order valence-electron chi connectivity index (χ1n) is 7.98. The first kappa shape index (κ1) is 17.1. The van der Waals surface area contributed by atoms with Crippen molar-refractivity contribution in [1.29, 1.82) is 0 Å². The van der Waals surface area contributed by atoms with E-state index >= 15 is 0 Å². The molecular formula is C18H25N3O2. The van der Waals surface area contributed by atoms with E-state index in [1.54, 1.807) is 13.3 Å². The van der Waals surface area contributed by atoms with Gasteiger partial charge in [0.25, 0.3) is 0 Å². The quantitative estimate of drug-likeness (QED) is 0.854. The lowest BCUT2D eigenvalue weighted by molar-refractivity contribution is -0.125. The molecule has 1 aromatic carbocycles. The fraction of sp³-hybridized carbons (Fsp3) is 0.444. The van der Waals surface area contributed by atoms with Crippen molar-refractivity contribution in [1.82, 2.24) is 14.9 Å². The number of nitrogens with zero attached hydrogens (tertiary/aromatic N) is 2. The lowest BCUT2D eigenvalue weighted by Gasteiger charge is -2.21. The van der Waals surface area contributed by atoms with Crippen LogP contribution in [0.15, 0.2) is 36.7 Å². The Kier molecular flexibility index (Phi) is 5.79. The van der Waals surface area contributed by atoms with Gasteiger partial charge in [0.15, 0.2) is 0 Å². The van der Waals surface area contributed by atoms with Crippen LogP contribution in [0.4, 0.5) is 0 Å². The number of imidazole rings is 1. The molecule has 0 radical (unpaired) electrons. The molecule has 0 aliphatic rings. The van der Waals surface area contributed by atoms with Crippen molar-refractivity contribution >= 4 is 5.91 Å². The maximum atomic E-state index is 12.5. The van der Waals surface area contributed by atoms with Crippen molar-refractivity contribution in [3.05, 3.63) is 48.0 Å². The second-order valence-electron chi connectivity index (χ2n) is 5.80. The predicted octanol–water partition coefficient (Wildman–Crippen LogP) is 3.07. The second-order valence-corrected chi connectivity index (χ2v) is 5.80. The Morgan fingerprint density at radius 2 is 2.04 bits per heavy atom. The van der Waals surface area contributed by atoms with E-state index in [1.807, 2.05) is 49.0 Å². The third-order valence-electron chi connectivity index (χ3n) is 4.02. The maximum Gasteiger partial charge on any atom is 0.223 e. The van der Waals surface area contributed by atoms with Gasteiger partial charge in [-0.25, -0.2) is 4.98 Å². The van der Waals surface area contributed by atoms with E-state index in [1.165, 1.54) is 0 Å². The van der Waals surface area contributed by atoms with Gasteiger partial charge in [-0.3, -0.25) is 4.79 Å². The van der Waals surface area contributed by atoms with Crippen molar-refractivity contribution < 1.29 is 9.53 Å². The number of carbonyl (C=O) groups is 1. The van der Waals surface area contributed by atoms with Gasteiger partial charge in [-0.05, 0) is 24.1 Å². The highest BCUT2D eigenvalue weighted by Gasteiger charge is 2.23. The highest BCUT2D eigenvalue weighted by molar-refractivity contribution is 5.79. The molecule has 2 atom stereocenters. The number of hydrogen-bond donors (Lipinski definition) is 1. The monoisotopic (exact) mass is 315 g/mol. The van der Waals surface area contributed by atoms with Crippen molar-refractivity contribution in [3.63, 3.8) is 0 Å². The molecule has 1 aromatic heterocycles. The Hall–Kier alpha value is -2.30. The van der Waals surface area contributed by atoms with Crippen LogP contribution in [-0.2, 0) is 11.8 Å². The highest BCUT2D eigenvalue weighted by Crippen LogP contribution is 2.23. The summed E-state index contributed by atoms with van der Waals surface area (Å²) >= 11 is 0. The van der Waals surface area contributed by atoms with Crippen molar-refractivity contribution in [2.45, 2.75) is 32.7 Å². The summed E-state index contributed by atoms with van der Waals surface area (Å²) < 4.78 is 7.14. The van der Waals surface area contributed by atoms with Gasteiger partial charge in [0.2, 0.25) is 5.91 Å². The number of benzene rings is 1. The summed E-state index contributed by atoms with van der Waals surface area (Å²) in [7, 11) is 3.57. The molecule has 0 bridgehead atoms. The van der Waals surface area contributed by atoms with Crippen LogP contribution in [0.2, 0.25) is 0 Å². The molecule has 2 aromatic rings. The van der Waals surface area contributed by atoms with E-state index < -0.39 is 0 Å². The van der Waals surface area contributed by atoms with Gasteiger partial charge in [-0.2, -0.15) is 0 Å². The molecule has 0 fully saturated rings. The minimum Gasteiger partial charge on any atom is -0.497 e. The van der Waals surface area contributed by atoms with Crippen LogP contribution in [-0.4, -0.2) is 22.6 Å². The molecule has 0 saturated heterocycles. The van der Waals surface area contributed by atoms with Crippen molar-refractivity contribution in [2.75, 3.05) is 7.11 Å². The zero-order valence-corrected chi connectivity index (χ0v) is 14.2. The second kappa shape index (κ2) is 7.81. The summed E-state index contributed by atoms with van der Waals surface area (Å²) in [6, 6.07) is 7.44. The summed E-state index contributed by atoms with van der Waals surface area (Å²) in [5.74, 6) is 1.64. The normalized spacial score (nSPS) is 13.4. The summed E-state index contributed by atoms with van der Waals surface area (Å²) in [6.07, 6.45) is 5.49. The van der Waals surface area contributed by atoms with E-state index in [4.69, 9.17) is 4.74 Å². The topological polar surface area (TPSA) is 56.1 Å². The largest absolute Gasteiger partial charge is 0.497 e. The molecule has 2 unspecified atom stereocenters. The van der Waals surface area contributed by atoms with Crippen LogP contribution in [0.25, 0.3) is 0 Å². The maximum absolute atomic E-state index is 12.5. The first-order valence-corrected chi connectivity index (χ1v) is 7.98. The summed E-state index contributed by atoms with van der Waals surface area (Å²) in [5.41, 5.74) is 0.983. The van der Waals surface area contributed by atoms with Crippen molar-refractivity contribution in [3.8, 4) is 5.75 Å². The average Bonchev–Trinajstić information content (AvgIpc) is 2.98. The summed E-state index contributed by atoms with van der Waals surface area (Å²) in [5, 5.41) is 3.14. The molecule has 1 N–H and O–H groups in total. The van der Waals surface area contributed by atoms with E-state index in [9.17, 15) is 4.79 Å². The zero-order chi connectivity index (χ0) is 16.8. The van der Waals surface area contributed by atoms with Gasteiger partial charge in [-0.15, -0.1) is 0 Å². The molecule has 0 aliphatic heterocycles. The number of aryl methyl sites for hydroxylation is 1. The lowest BCUT2D eigenvalue weighted by atomic mass is 10.0. The number of carbonyl (C=O) groups excluding carboxylic acids is 1. The van der Waals surface area contributed by atoms with E-state index in [0.29, 0.717) is 0 Å². The predicted molar refractivity (Wildman–Crippen MR) is 90.3 cm³/mol. The molecule has 5 heteroatoms. The Morgan fingerprint density at radius 1 is 1.35 bits per heavy atom. The fourth-order valence-electron chi connectivity index (χ4n) is 2.60. The van der Waals surface area contributed by atoms with Crippen LogP contribution in [0.1, 0.15) is 44.1 Å². The van der Waals surface area contributed by atoms with Crippen LogP contribution < -0.4 is 10.1 Å². The van der Waals surface area contributed by atoms with E-state index in [-0.39, 0.29) is 17.9 Å². The number of nitrogens with one attached hydrogen (secondary N) is 1. The molecule has 2 rings (SSSR count). The van der Waals surface area contributed by atoms with Gasteiger partial charge in [0, 0.05) is 25.4 Å². The Balaban J connectivity index is 2.28. The van der Waals surface area contributed by atoms with Gasteiger partial charge >= 0.3 is 0 Å². The summed E-state index contributed by atoms with van der Waals surface area (Å²) in [6.45, 7) is 4.05. The number of aromatic nitrogens is 2. The lowest BCUT2D eigenvalue weighted by Crippen LogP contribution is -2.34. The van der Waals surface area contributed by atoms with Crippen LogP contribution in [0, 0.1) is 5.92 Å². The minimum atomic E-state index is -0.271. The smallest absolute Gasteiger partial charge is 0.223 e. The molecule has 0 saturated carbocycles. The SMILES string of the molecule is CCCC(C)C(=O)NC(c1ccc(OC)cc1)c1nccn1C. The number of ether oxygens (including phenoxy) is 1. The van der Waals surface area contributed by atoms with E-state index in [2.05, 4.69) is 17.2 Å². The third-order valence-corrected chi connectivity index (χ3v) is 4.02. The molecular weight excluding hydrogens is 290 g/mol. The molecule has 0 aliphatic carbocycles. The molecule has 0 spiro atoms. The molecule has 124 valence electrons. The Bertz CT molecular complexity index is 634. The van der Waals surface area contributed by atoms with Gasteiger partial charge in [0.1, 0.15) is 17.6 Å². The van der Waals surface area contributed by atoms with Crippen molar-refractivity contribution in [2.24, 2.45) is 13.0 Å². The minimum absolute atomic E-state index is 0.0129. The average molecular weight is 315 g/mol. The van der Waals surface area contributed by atoms with Gasteiger partial charge in [0.05, 0.1) is 7.11 Å². The number of rotatable bonds is 7. The van der Waals surface area contributed by atoms with Crippen LogP contribution in [0.5, 0.6) is 5.75 Å². The Morgan fingerprint density at radius 3 is 2.57 bits per heavy atom. The summed E-state index contributed by atoms with van der Waals surface area (Å²) in [4.78, 5) is 16.9. The van der Waals surface area contributed by atoms with Crippen LogP contribution in [0.3, 0.4) is 0 Å². The molecule has 1 heterocycles. The standard InChI is InChI=1S/C18H25N3O2/c1-5-6-13(2)18(22)20-16(17-19-11-12-21(17)3)14-7-9-15(23-4)10-8-14/h7-13,16H,5-6H2,1-4H3,(H,20,22). The molecule has 5 nitrogen and oxygen atoms in total. The first-order chi connectivity index (χ1) is 11.1. The molecule has 1 amide bonds. The number of amides is 1. The third kappa shape index (κ3) is 4.12. The van der Waals surface area contributed by atoms with Crippen LogP contribution >= 0.6 is 0 Å². The number of hydrogen-bond acceptors (Lipinski definition) is 3. The fourth-order valence-corrected chi connectivity index (χ4v) is 2.60. The number of methoxy groups -OCH3 is 1.